The summed E-state index contributed by atoms with van der Waals surface area (Å²) >= 11 is 1.82. The minimum Gasteiger partial charge on any atom is -0.356 e. The first-order valence-corrected chi connectivity index (χ1v) is 12.3. The van der Waals surface area contributed by atoms with Gasteiger partial charge < -0.3 is 4.52 Å². The van der Waals surface area contributed by atoms with Gasteiger partial charge in [0.15, 0.2) is 5.76 Å². The molecule has 0 aliphatic carbocycles. The maximum atomic E-state index is 5.62. The number of thiophene rings is 1. The quantitative estimate of drug-likeness (QED) is 0.264. The number of aryl methyl sites for hydroxylation is 2. The van der Waals surface area contributed by atoms with Gasteiger partial charge in [-0.05, 0) is 37.0 Å². The number of rotatable bonds is 13. The van der Waals surface area contributed by atoms with Crippen molar-refractivity contribution in [2.75, 3.05) is 0 Å². The van der Waals surface area contributed by atoms with E-state index in [4.69, 9.17) is 4.52 Å². The van der Waals surface area contributed by atoms with E-state index in [2.05, 4.69) is 61.5 Å². The van der Waals surface area contributed by atoms with Crippen LogP contribution in [-0.4, -0.2) is 5.16 Å². The number of unbranched alkanes of at least 4 members (excludes halogenated alkanes) is 7. The lowest BCUT2D eigenvalue weighted by Gasteiger charge is -2.03. The summed E-state index contributed by atoms with van der Waals surface area (Å²) in [6.07, 6.45) is 14.4. The van der Waals surface area contributed by atoms with Crippen LogP contribution in [0.4, 0.5) is 0 Å². The SMILES string of the molecule is CCCCCCCCCCc1ccc(-c2cc(-c3ccc(CCC)s3)no2)cc1. The molecule has 3 rings (SSSR count). The molecule has 2 aromatic heterocycles. The number of nitrogens with zero attached hydrogens (tertiary/aromatic N) is 1. The zero-order chi connectivity index (χ0) is 20.3. The van der Waals surface area contributed by atoms with Gasteiger partial charge in [0, 0.05) is 16.5 Å². The highest BCUT2D eigenvalue weighted by molar-refractivity contribution is 7.15. The molecule has 0 unspecified atom stereocenters. The van der Waals surface area contributed by atoms with Crippen LogP contribution in [-0.2, 0) is 12.8 Å². The Morgan fingerprint density at radius 3 is 2.21 bits per heavy atom. The Bertz CT molecular complexity index is 831. The molecule has 0 N–H and O–H groups in total. The molecule has 3 heteroatoms. The lowest BCUT2D eigenvalue weighted by molar-refractivity contribution is 0.435. The molecule has 1 aromatic carbocycles. The Balaban J connectivity index is 1.46. The van der Waals surface area contributed by atoms with Crippen molar-refractivity contribution >= 4 is 11.3 Å². The zero-order valence-corrected chi connectivity index (χ0v) is 18.9. The minimum absolute atomic E-state index is 0.851. The fourth-order valence-electron chi connectivity index (χ4n) is 3.72. The first-order chi connectivity index (χ1) is 14.3. The average molecular weight is 410 g/mol. The number of hydrogen-bond donors (Lipinski definition) is 0. The normalized spacial score (nSPS) is 11.2. The maximum absolute atomic E-state index is 5.62. The summed E-state index contributed by atoms with van der Waals surface area (Å²) in [6.45, 7) is 4.49. The van der Waals surface area contributed by atoms with Crippen molar-refractivity contribution in [3.63, 3.8) is 0 Å². The molecule has 2 nitrogen and oxygen atoms in total. The molecule has 0 spiro atoms. The predicted octanol–water partition coefficient (Wildman–Crippen LogP) is 8.71. The van der Waals surface area contributed by atoms with Gasteiger partial charge in [-0.3, -0.25) is 0 Å². The molecule has 0 saturated heterocycles. The van der Waals surface area contributed by atoms with Crippen molar-refractivity contribution in [1.29, 1.82) is 0 Å². The van der Waals surface area contributed by atoms with E-state index in [1.807, 2.05) is 11.3 Å². The number of aromatic nitrogens is 1. The van der Waals surface area contributed by atoms with Crippen LogP contribution in [0.3, 0.4) is 0 Å². The van der Waals surface area contributed by atoms with Gasteiger partial charge in [0.2, 0.25) is 0 Å². The largest absolute Gasteiger partial charge is 0.356 e. The molecular weight excluding hydrogens is 374 g/mol. The maximum Gasteiger partial charge on any atom is 0.167 e. The molecule has 2 heterocycles. The Morgan fingerprint density at radius 2 is 1.48 bits per heavy atom. The first-order valence-electron chi connectivity index (χ1n) is 11.4. The summed E-state index contributed by atoms with van der Waals surface area (Å²) in [5, 5.41) is 4.29. The fraction of sp³-hybridized carbons (Fsp3) is 0.500. The highest BCUT2D eigenvalue weighted by Crippen LogP contribution is 2.31. The summed E-state index contributed by atoms with van der Waals surface area (Å²) in [5.41, 5.74) is 3.46. The van der Waals surface area contributed by atoms with Crippen molar-refractivity contribution in [2.24, 2.45) is 0 Å². The Labute approximate surface area is 180 Å². The van der Waals surface area contributed by atoms with Crippen LogP contribution in [0, 0.1) is 0 Å². The second kappa shape index (κ2) is 12.0. The van der Waals surface area contributed by atoms with Crippen molar-refractivity contribution in [2.45, 2.75) is 84.5 Å². The third-order valence-electron chi connectivity index (χ3n) is 5.48. The molecular formula is C26H35NOS. The average Bonchev–Trinajstić information content (AvgIpc) is 3.40. The van der Waals surface area contributed by atoms with Crippen LogP contribution in [0.25, 0.3) is 21.9 Å². The molecule has 0 fully saturated rings. The summed E-state index contributed by atoms with van der Waals surface area (Å²) < 4.78 is 5.62. The van der Waals surface area contributed by atoms with E-state index in [1.165, 1.54) is 79.5 Å². The van der Waals surface area contributed by atoms with E-state index in [1.54, 1.807) is 0 Å². The van der Waals surface area contributed by atoms with Gasteiger partial charge in [-0.2, -0.15) is 0 Å². The number of benzene rings is 1. The second-order valence-corrected chi connectivity index (χ2v) is 9.18. The Morgan fingerprint density at radius 1 is 0.759 bits per heavy atom. The van der Waals surface area contributed by atoms with Crippen LogP contribution in [0.2, 0.25) is 0 Å². The van der Waals surface area contributed by atoms with Crippen LogP contribution in [0.1, 0.15) is 82.1 Å². The van der Waals surface area contributed by atoms with Crippen LogP contribution < -0.4 is 0 Å². The van der Waals surface area contributed by atoms with E-state index in [-0.39, 0.29) is 0 Å². The Kier molecular flexibility index (Phi) is 9.01. The third-order valence-corrected chi connectivity index (χ3v) is 6.65. The molecule has 0 radical (unpaired) electrons. The lowest BCUT2D eigenvalue weighted by Crippen LogP contribution is -1.87. The molecule has 0 saturated carbocycles. The summed E-state index contributed by atoms with van der Waals surface area (Å²) in [4.78, 5) is 2.60. The fourth-order valence-corrected chi connectivity index (χ4v) is 4.78. The van der Waals surface area contributed by atoms with E-state index >= 15 is 0 Å². The third kappa shape index (κ3) is 6.85. The monoisotopic (exact) mass is 409 g/mol. The molecule has 0 aliphatic heterocycles. The van der Waals surface area contributed by atoms with Crippen molar-refractivity contribution in [3.05, 3.63) is 52.9 Å². The smallest absolute Gasteiger partial charge is 0.167 e. The van der Waals surface area contributed by atoms with Crippen LogP contribution >= 0.6 is 11.3 Å². The topological polar surface area (TPSA) is 26.0 Å². The predicted molar refractivity (Wildman–Crippen MR) is 126 cm³/mol. The molecule has 3 aromatic rings. The van der Waals surface area contributed by atoms with Crippen molar-refractivity contribution in [3.8, 4) is 21.9 Å². The number of hydrogen-bond acceptors (Lipinski definition) is 3. The molecule has 0 atom stereocenters. The van der Waals surface area contributed by atoms with Gasteiger partial charge in [-0.25, -0.2) is 0 Å². The molecule has 156 valence electrons. The van der Waals surface area contributed by atoms with Gasteiger partial charge in [-0.15, -0.1) is 11.3 Å². The minimum atomic E-state index is 0.851. The lowest BCUT2D eigenvalue weighted by atomic mass is 10.0. The van der Waals surface area contributed by atoms with E-state index < -0.39 is 0 Å². The summed E-state index contributed by atoms with van der Waals surface area (Å²) in [6, 6.07) is 15.2. The van der Waals surface area contributed by atoms with E-state index in [0.29, 0.717) is 0 Å². The van der Waals surface area contributed by atoms with Gasteiger partial charge in [0.25, 0.3) is 0 Å². The Hall–Kier alpha value is -1.87. The molecule has 0 bridgehead atoms. The molecule has 0 aliphatic rings. The second-order valence-electron chi connectivity index (χ2n) is 8.01. The zero-order valence-electron chi connectivity index (χ0n) is 18.1. The molecule has 29 heavy (non-hydrogen) atoms. The van der Waals surface area contributed by atoms with Gasteiger partial charge in [-0.1, -0.05) is 94.6 Å². The molecule has 0 amide bonds. The first kappa shape index (κ1) is 21.8. The summed E-state index contributed by atoms with van der Waals surface area (Å²) in [5.74, 6) is 0.851. The van der Waals surface area contributed by atoms with Crippen molar-refractivity contribution < 1.29 is 4.52 Å². The van der Waals surface area contributed by atoms with Gasteiger partial charge >= 0.3 is 0 Å². The highest BCUT2D eigenvalue weighted by atomic mass is 32.1. The van der Waals surface area contributed by atoms with Crippen LogP contribution in [0.15, 0.2) is 47.0 Å². The standard InChI is InChI=1S/C26H35NOS/c1-3-5-6-7-8-9-10-11-13-21-14-16-22(17-15-21)25-20-24(27-28-25)26-19-18-23(29-26)12-4-2/h14-20H,3-13H2,1-2H3. The van der Waals surface area contributed by atoms with E-state index in [9.17, 15) is 0 Å². The van der Waals surface area contributed by atoms with Gasteiger partial charge in [0.05, 0.1) is 4.88 Å². The van der Waals surface area contributed by atoms with Crippen molar-refractivity contribution in [1.82, 2.24) is 5.16 Å². The summed E-state index contributed by atoms with van der Waals surface area (Å²) in [7, 11) is 0. The van der Waals surface area contributed by atoms with Gasteiger partial charge in [0.1, 0.15) is 5.69 Å². The van der Waals surface area contributed by atoms with E-state index in [0.717, 1.165) is 23.4 Å². The van der Waals surface area contributed by atoms with Crippen LogP contribution in [0.5, 0.6) is 0 Å². The highest BCUT2D eigenvalue weighted by Gasteiger charge is 2.11.